The number of urea groups is 1. The number of aromatic nitrogens is 3. The van der Waals surface area contributed by atoms with Crippen molar-refractivity contribution in [1.82, 2.24) is 14.5 Å². The molecule has 0 aliphatic heterocycles. The average Bonchev–Trinajstić information content (AvgIpc) is 3.36. The van der Waals surface area contributed by atoms with Gasteiger partial charge in [-0.05, 0) is 36.4 Å². The minimum atomic E-state index is -0.469. The van der Waals surface area contributed by atoms with Crippen LogP contribution in [0.1, 0.15) is 37.0 Å². The van der Waals surface area contributed by atoms with Crippen LogP contribution in [0, 0.1) is 0 Å². The van der Waals surface area contributed by atoms with Crippen molar-refractivity contribution in [2.75, 3.05) is 16.0 Å². The lowest BCUT2D eigenvalue weighted by Crippen LogP contribution is -2.19. The van der Waals surface area contributed by atoms with Crippen molar-refractivity contribution < 1.29 is 19.2 Å². The van der Waals surface area contributed by atoms with Gasteiger partial charge in [0.15, 0.2) is 5.82 Å². The Hall–Kier alpha value is -4.34. The van der Waals surface area contributed by atoms with Crippen LogP contribution in [0.15, 0.2) is 59.4 Å². The third kappa shape index (κ3) is 4.69. The molecular weight excluding hydrogens is 412 g/mol. The van der Waals surface area contributed by atoms with Crippen LogP contribution in [0.4, 0.5) is 22.0 Å². The van der Waals surface area contributed by atoms with Gasteiger partial charge >= 0.3 is 6.03 Å². The molecule has 4 N–H and O–H groups in total. The number of hydrogen-bond donors (Lipinski definition) is 4. The maximum Gasteiger partial charge on any atom is 0.324 e. The number of hydrogen-bond acceptors (Lipinski definition) is 6. The first-order chi connectivity index (χ1) is 15.2. The number of anilines is 3. The van der Waals surface area contributed by atoms with Gasteiger partial charge in [-0.1, -0.05) is 25.9 Å². The van der Waals surface area contributed by atoms with Crippen LogP contribution >= 0.6 is 0 Å². The fourth-order valence-corrected chi connectivity index (χ4v) is 2.89. The number of fused-ring (bicyclic) bond motifs is 1. The molecule has 0 radical (unpaired) electrons. The summed E-state index contributed by atoms with van der Waals surface area (Å²) in [6.07, 6.45) is 2.99. The summed E-state index contributed by atoms with van der Waals surface area (Å²) in [4.78, 5) is 28.9. The maximum atomic E-state index is 12.5. The van der Waals surface area contributed by atoms with E-state index in [1.54, 1.807) is 40.8 Å². The zero-order valence-electron chi connectivity index (χ0n) is 17.7. The molecule has 0 unspecified atom stereocenters. The van der Waals surface area contributed by atoms with Gasteiger partial charge in [0.05, 0.1) is 6.20 Å². The summed E-state index contributed by atoms with van der Waals surface area (Å²) in [7, 11) is 0. The van der Waals surface area contributed by atoms with E-state index in [4.69, 9.17) is 4.52 Å². The molecule has 4 rings (SSSR count). The molecule has 1 aromatic carbocycles. The number of nitrogens with one attached hydrogen (secondary N) is 3. The molecule has 0 bridgehead atoms. The smallest absolute Gasteiger partial charge is 0.324 e. The van der Waals surface area contributed by atoms with Crippen LogP contribution in [0.5, 0.6) is 5.75 Å². The summed E-state index contributed by atoms with van der Waals surface area (Å²) in [6, 6.07) is 10.9. The summed E-state index contributed by atoms with van der Waals surface area (Å²) in [5.41, 5.74) is 1.60. The van der Waals surface area contributed by atoms with E-state index in [0.717, 1.165) is 0 Å². The molecule has 32 heavy (non-hydrogen) atoms. The van der Waals surface area contributed by atoms with E-state index in [0.29, 0.717) is 28.6 Å². The Balaban J connectivity index is 1.35. The molecule has 4 aromatic rings. The van der Waals surface area contributed by atoms with Crippen molar-refractivity contribution in [2.24, 2.45) is 0 Å². The van der Waals surface area contributed by atoms with Gasteiger partial charge in [-0.15, -0.1) is 0 Å². The van der Waals surface area contributed by atoms with Crippen molar-refractivity contribution in [3.63, 3.8) is 0 Å². The van der Waals surface area contributed by atoms with E-state index in [9.17, 15) is 14.7 Å². The number of pyridine rings is 1. The summed E-state index contributed by atoms with van der Waals surface area (Å²) >= 11 is 0. The van der Waals surface area contributed by atoms with Gasteiger partial charge in [0.1, 0.15) is 22.9 Å². The number of carbonyl (C=O) groups is 2. The number of nitrogens with zero attached hydrogens (tertiary/aromatic N) is 3. The molecule has 10 nitrogen and oxygen atoms in total. The second-order valence-electron chi connectivity index (χ2n) is 8.22. The Morgan fingerprint density at radius 3 is 2.31 bits per heavy atom. The third-order valence-corrected chi connectivity index (χ3v) is 4.56. The van der Waals surface area contributed by atoms with Gasteiger partial charge in [-0.2, -0.15) is 0 Å². The highest BCUT2D eigenvalue weighted by molar-refractivity contribution is 6.03. The molecule has 3 amide bonds. The number of benzene rings is 1. The standard InChI is InChI=1S/C22H22N6O4/c1-22(2,3)17-10-18(27-32-17)26-21(31)24-14-6-4-13(5-7-14)23-20(30)16-12-28-11-15(29)8-9-19(28)25-16/h4-12,29H,1-3H3,(H,23,30)(H2,24,26,27,31). The summed E-state index contributed by atoms with van der Waals surface area (Å²) in [6.45, 7) is 5.95. The van der Waals surface area contributed by atoms with Gasteiger partial charge in [0, 0.05) is 29.1 Å². The van der Waals surface area contributed by atoms with E-state index in [1.807, 2.05) is 20.8 Å². The van der Waals surface area contributed by atoms with Crippen molar-refractivity contribution in [3.8, 4) is 5.75 Å². The van der Waals surface area contributed by atoms with Gasteiger partial charge < -0.3 is 24.7 Å². The molecular formula is C22H22N6O4. The molecule has 3 heterocycles. The van der Waals surface area contributed by atoms with Crippen molar-refractivity contribution in [3.05, 3.63) is 66.3 Å². The fourth-order valence-electron chi connectivity index (χ4n) is 2.89. The molecule has 3 aromatic heterocycles. The molecule has 0 aliphatic carbocycles. The lowest BCUT2D eigenvalue weighted by molar-refractivity contribution is 0.102. The van der Waals surface area contributed by atoms with E-state index in [-0.39, 0.29) is 16.9 Å². The number of rotatable bonds is 4. The SMILES string of the molecule is CC(C)(C)c1cc(NC(=O)Nc2ccc(NC(=O)c3cn4cc(O)ccc4n3)cc2)no1. The van der Waals surface area contributed by atoms with E-state index >= 15 is 0 Å². The normalized spacial score (nSPS) is 11.3. The van der Waals surface area contributed by atoms with Crippen molar-refractivity contribution in [2.45, 2.75) is 26.2 Å². The lowest BCUT2D eigenvalue weighted by atomic mass is 9.93. The molecule has 0 fully saturated rings. The number of amides is 3. The van der Waals surface area contributed by atoms with Crippen LogP contribution in [-0.4, -0.2) is 31.6 Å². The molecule has 164 valence electrons. The van der Waals surface area contributed by atoms with E-state index in [1.165, 1.54) is 18.5 Å². The first-order valence-corrected chi connectivity index (χ1v) is 9.82. The second kappa shape index (κ2) is 8.06. The zero-order chi connectivity index (χ0) is 22.9. The fraction of sp³-hybridized carbons (Fsp3) is 0.182. The first kappa shape index (κ1) is 20.9. The number of carbonyl (C=O) groups excluding carboxylic acids is 2. The Morgan fingerprint density at radius 1 is 0.969 bits per heavy atom. The monoisotopic (exact) mass is 434 g/mol. The van der Waals surface area contributed by atoms with Crippen LogP contribution < -0.4 is 16.0 Å². The summed E-state index contributed by atoms with van der Waals surface area (Å²) < 4.78 is 6.81. The average molecular weight is 434 g/mol. The quantitative estimate of drug-likeness (QED) is 0.380. The van der Waals surface area contributed by atoms with Crippen LogP contribution in [-0.2, 0) is 5.41 Å². The van der Waals surface area contributed by atoms with Crippen LogP contribution in [0.25, 0.3) is 5.65 Å². The number of imidazole rings is 1. The second-order valence-corrected chi connectivity index (χ2v) is 8.22. The largest absolute Gasteiger partial charge is 0.506 e. The summed E-state index contributed by atoms with van der Waals surface area (Å²) in [5.74, 6) is 0.659. The van der Waals surface area contributed by atoms with Gasteiger partial charge in [-0.25, -0.2) is 9.78 Å². The lowest BCUT2D eigenvalue weighted by Gasteiger charge is -2.12. The topological polar surface area (TPSA) is 134 Å². The molecule has 0 saturated carbocycles. The maximum absolute atomic E-state index is 12.5. The van der Waals surface area contributed by atoms with E-state index in [2.05, 4.69) is 26.1 Å². The minimum Gasteiger partial charge on any atom is -0.506 e. The predicted octanol–water partition coefficient (Wildman–Crippen LogP) is 4.22. The Labute approximate surface area is 183 Å². The summed E-state index contributed by atoms with van der Waals surface area (Å²) in [5, 5.41) is 21.4. The van der Waals surface area contributed by atoms with Crippen LogP contribution in [0.3, 0.4) is 0 Å². The highest BCUT2D eigenvalue weighted by Gasteiger charge is 2.20. The van der Waals surface area contributed by atoms with Gasteiger partial charge in [-0.3, -0.25) is 10.1 Å². The van der Waals surface area contributed by atoms with Crippen LogP contribution in [0.2, 0.25) is 0 Å². The predicted molar refractivity (Wildman–Crippen MR) is 119 cm³/mol. The highest BCUT2D eigenvalue weighted by Crippen LogP contribution is 2.24. The molecule has 0 aliphatic rings. The molecule has 0 spiro atoms. The Kier molecular flexibility index (Phi) is 5.27. The zero-order valence-corrected chi connectivity index (χ0v) is 17.7. The molecule has 10 heteroatoms. The van der Waals surface area contributed by atoms with Gasteiger partial charge in [0.25, 0.3) is 5.91 Å². The molecule has 0 atom stereocenters. The first-order valence-electron chi connectivity index (χ1n) is 9.82. The Morgan fingerprint density at radius 2 is 1.66 bits per heavy atom. The minimum absolute atomic E-state index is 0.0761. The van der Waals surface area contributed by atoms with Crippen molar-refractivity contribution >= 4 is 34.8 Å². The van der Waals surface area contributed by atoms with E-state index < -0.39 is 11.9 Å². The molecule has 0 saturated heterocycles. The highest BCUT2D eigenvalue weighted by atomic mass is 16.5. The number of aromatic hydroxyl groups is 1. The Bertz CT molecular complexity index is 1280. The van der Waals surface area contributed by atoms with Crippen molar-refractivity contribution in [1.29, 1.82) is 0 Å². The van der Waals surface area contributed by atoms with Gasteiger partial charge in [0.2, 0.25) is 0 Å². The third-order valence-electron chi connectivity index (χ3n) is 4.56.